The van der Waals surface area contributed by atoms with Crippen LogP contribution in [0, 0.1) is 17.3 Å². The average molecular weight is 318 g/mol. The van der Waals surface area contributed by atoms with Crippen molar-refractivity contribution >= 4 is 7.69 Å². The third kappa shape index (κ3) is 2.79. The molecular formula is C18H27BO4. The van der Waals surface area contributed by atoms with E-state index in [1.807, 2.05) is 12.1 Å². The molecule has 0 saturated heterocycles. The number of benzene rings is 1. The van der Waals surface area contributed by atoms with E-state index in [0.717, 1.165) is 25.2 Å². The molecule has 4 nitrogen and oxygen atoms in total. The summed E-state index contributed by atoms with van der Waals surface area (Å²) in [5, 5.41) is 34.3. The Morgan fingerprint density at radius 1 is 1.13 bits per heavy atom. The predicted octanol–water partition coefficient (Wildman–Crippen LogP) is 1.85. The van der Waals surface area contributed by atoms with E-state index in [2.05, 4.69) is 13.0 Å². The van der Waals surface area contributed by atoms with Crippen LogP contribution >= 0.6 is 0 Å². The van der Waals surface area contributed by atoms with Gasteiger partial charge >= 0.3 is 7.69 Å². The van der Waals surface area contributed by atoms with Crippen LogP contribution in [0.4, 0.5) is 0 Å². The van der Waals surface area contributed by atoms with Crippen molar-refractivity contribution in [2.75, 3.05) is 0 Å². The molecule has 4 rings (SSSR count). The second-order valence-corrected chi connectivity index (χ2v) is 7.58. The Hall–Kier alpha value is -1.04. The minimum atomic E-state index is -0.750. The predicted molar refractivity (Wildman–Crippen MR) is 90.3 cm³/mol. The van der Waals surface area contributed by atoms with Crippen molar-refractivity contribution in [3.8, 4) is 5.75 Å². The molecule has 0 spiro atoms. The van der Waals surface area contributed by atoms with Gasteiger partial charge in [-0.1, -0.05) is 13.0 Å². The highest BCUT2D eigenvalue weighted by Crippen LogP contribution is 2.60. The molecule has 1 aromatic carbocycles. The molecular weight excluding hydrogens is 291 g/mol. The van der Waals surface area contributed by atoms with Gasteiger partial charge in [-0.2, -0.15) is 0 Å². The monoisotopic (exact) mass is 318 g/mol. The van der Waals surface area contributed by atoms with Crippen molar-refractivity contribution in [2.45, 2.75) is 57.5 Å². The maximum atomic E-state index is 10.4. The lowest BCUT2D eigenvalue weighted by Crippen LogP contribution is -2.43. The Labute approximate surface area is 138 Å². The summed E-state index contributed by atoms with van der Waals surface area (Å²) in [5.74, 6) is 2.49. The lowest BCUT2D eigenvalue weighted by atomic mass is 9.55. The fourth-order valence-corrected chi connectivity index (χ4v) is 5.54. The molecule has 0 aliphatic heterocycles. The summed E-state index contributed by atoms with van der Waals surface area (Å²) in [5.41, 5.74) is 2.99. The standard InChI is InChI=1S/C18H24O2.BH3O2/c1-18-9-8-14-13-5-3-12(19)10-11(13)2-4-15(14)16(18)6-7-17(18)20;2-1-3/h3,5,10,14-17,19-20H,2,4,6-9H2,1H3;1-3H/t14-,15-,16+,17+,18+;/m1./s1. The first kappa shape index (κ1) is 16.8. The molecule has 3 aliphatic rings. The van der Waals surface area contributed by atoms with Gasteiger partial charge in [0.15, 0.2) is 0 Å². The number of aliphatic hydroxyl groups is 1. The van der Waals surface area contributed by atoms with Gasteiger partial charge in [-0.3, -0.25) is 0 Å². The van der Waals surface area contributed by atoms with Gasteiger partial charge in [-0.15, -0.1) is 0 Å². The molecule has 0 aromatic heterocycles. The Morgan fingerprint density at radius 3 is 2.61 bits per heavy atom. The van der Waals surface area contributed by atoms with Gasteiger partial charge in [-0.05, 0) is 85.0 Å². The van der Waals surface area contributed by atoms with Gasteiger partial charge in [0.2, 0.25) is 0 Å². The maximum Gasteiger partial charge on any atom is 0.432 e. The summed E-state index contributed by atoms with van der Waals surface area (Å²) in [7, 11) is -0.750. The minimum absolute atomic E-state index is 0.0883. The topological polar surface area (TPSA) is 80.9 Å². The van der Waals surface area contributed by atoms with Crippen LogP contribution in [0.1, 0.15) is 56.1 Å². The van der Waals surface area contributed by atoms with Crippen molar-refractivity contribution in [3.05, 3.63) is 29.3 Å². The molecule has 0 unspecified atom stereocenters. The zero-order chi connectivity index (χ0) is 16.6. The molecule has 0 heterocycles. The van der Waals surface area contributed by atoms with Crippen LogP contribution < -0.4 is 0 Å². The lowest BCUT2D eigenvalue weighted by Gasteiger charge is -2.50. The van der Waals surface area contributed by atoms with Crippen LogP contribution in [0.2, 0.25) is 0 Å². The van der Waals surface area contributed by atoms with E-state index in [9.17, 15) is 10.2 Å². The molecule has 23 heavy (non-hydrogen) atoms. The fourth-order valence-electron chi connectivity index (χ4n) is 5.54. The summed E-state index contributed by atoms with van der Waals surface area (Å²) in [6.45, 7) is 2.32. The number of rotatable bonds is 0. The van der Waals surface area contributed by atoms with Crippen molar-refractivity contribution in [3.63, 3.8) is 0 Å². The van der Waals surface area contributed by atoms with Crippen LogP contribution in [-0.4, -0.2) is 34.1 Å². The molecule has 0 bridgehead atoms. The number of aryl methyl sites for hydroxylation is 1. The molecule has 2 fully saturated rings. The zero-order valence-corrected chi connectivity index (χ0v) is 13.8. The largest absolute Gasteiger partial charge is 0.508 e. The van der Waals surface area contributed by atoms with Crippen molar-refractivity contribution in [2.24, 2.45) is 17.3 Å². The number of fused-ring (bicyclic) bond motifs is 5. The molecule has 126 valence electrons. The molecule has 5 heteroatoms. The smallest absolute Gasteiger partial charge is 0.432 e. The van der Waals surface area contributed by atoms with Gasteiger partial charge in [-0.25, -0.2) is 0 Å². The zero-order valence-electron chi connectivity index (χ0n) is 13.8. The van der Waals surface area contributed by atoms with E-state index >= 15 is 0 Å². The number of phenols is 1. The highest BCUT2D eigenvalue weighted by atomic mass is 16.4. The summed E-state index contributed by atoms with van der Waals surface area (Å²) in [4.78, 5) is 0. The van der Waals surface area contributed by atoms with Gasteiger partial charge in [0.05, 0.1) is 6.10 Å². The first-order valence-electron chi connectivity index (χ1n) is 8.73. The minimum Gasteiger partial charge on any atom is -0.508 e. The molecule has 5 atom stereocenters. The van der Waals surface area contributed by atoms with Gasteiger partial charge < -0.3 is 20.3 Å². The van der Waals surface area contributed by atoms with Crippen LogP contribution in [0.3, 0.4) is 0 Å². The number of aliphatic hydroxyl groups excluding tert-OH is 1. The number of hydrogen-bond donors (Lipinski definition) is 4. The number of phenolic OH excluding ortho intramolecular Hbond substituents is 1. The molecule has 4 N–H and O–H groups in total. The third-order valence-corrected chi connectivity index (χ3v) is 6.66. The highest BCUT2D eigenvalue weighted by molar-refractivity contribution is 6.13. The molecule has 2 saturated carbocycles. The van der Waals surface area contributed by atoms with Gasteiger partial charge in [0.25, 0.3) is 0 Å². The Kier molecular flexibility index (Phi) is 4.72. The first-order chi connectivity index (χ1) is 11.0. The quantitative estimate of drug-likeness (QED) is 0.550. The Morgan fingerprint density at radius 2 is 1.87 bits per heavy atom. The number of hydrogen-bond acceptors (Lipinski definition) is 4. The average Bonchev–Trinajstić information content (AvgIpc) is 2.83. The number of aromatic hydroxyl groups is 1. The highest BCUT2D eigenvalue weighted by Gasteiger charge is 2.54. The van der Waals surface area contributed by atoms with E-state index < -0.39 is 7.69 Å². The summed E-state index contributed by atoms with van der Waals surface area (Å²) in [6.07, 6.45) is 6.78. The molecule has 0 radical (unpaired) electrons. The van der Waals surface area contributed by atoms with Crippen LogP contribution in [0.25, 0.3) is 0 Å². The second-order valence-electron chi connectivity index (χ2n) is 7.58. The van der Waals surface area contributed by atoms with Gasteiger partial charge in [0.1, 0.15) is 5.75 Å². The van der Waals surface area contributed by atoms with E-state index in [-0.39, 0.29) is 11.5 Å². The van der Waals surface area contributed by atoms with Crippen molar-refractivity contribution in [1.29, 1.82) is 0 Å². The molecule has 1 aromatic rings. The normalized spacial score (nSPS) is 37.7. The Bertz CT molecular complexity index is 564. The summed E-state index contributed by atoms with van der Waals surface area (Å²) >= 11 is 0. The van der Waals surface area contributed by atoms with Crippen LogP contribution in [0.5, 0.6) is 5.75 Å². The van der Waals surface area contributed by atoms with E-state index in [1.165, 1.54) is 30.4 Å². The van der Waals surface area contributed by atoms with E-state index in [0.29, 0.717) is 17.6 Å². The Balaban J connectivity index is 0.000000485. The maximum absolute atomic E-state index is 10.4. The molecule has 0 amide bonds. The second kappa shape index (κ2) is 6.46. The first-order valence-corrected chi connectivity index (χ1v) is 8.73. The van der Waals surface area contributed by atoms with E-state index in [1.54, 1.807) is 0 Å². The SMILES string of the molecule is C[C@]12CC[C@@H]3c4ccc(O)cc4CC[C@H]3[C@@H]1CC[C@@H]2O.OBO. The molecule has 3 aliphatic carbocycles. The van der Waals surface area contributed by atoms with E-state index in [4.69, 9.17) is 10.0 Å². The lowest BCUT2D eigenvalue weighted by molar-refractivity contribution is -0.0226. The van der Waals surface area contributed by atoms with Crippen LogP contribution in [-0.2, 0) is 6.42 Å². The van der Waals surface area contributed by atoms with Crippen molar-refractivity contribution in [1.82, 2.24) is 0 Å². The van der Waals surface area contributed by atoms with Crippen LogP contribution in [0.15, 0.2) is 18.2 Å². The third-order valence-electron chi connectivity index (χ3n) is 6.66. The fraction of sp³-hybridized carbons (Fsp3) is 0.667. The van der Waals surface area contributed by atoms with Crippen molar-refractivity contribution < 1.29 is 20.3 Å². The summed E-state index contributed by atoms with van der Waals surface area (Å²) in [6, 6.07) is 5.96. The summed E-state index contributed by atoms with van der Waals surface area (Å²) < 4.78 is 0. The van der Waals surface area contributed by atoms with Gasteiger partial charge in [0, 0.05) is 0 Å².